The fourth-order valence-electron chi connectivity index (χ4n) is 2.02. The van der Waals surface area contributed by atoms with Crippen molar-refractivity contribution in [3.8, 4) is 11.1 Å². The lowest BCUT2D eigenvalue weighted by Crippen LogP contribution is -2.01. The van der Waals surface area contributed by atoms with Crippen LogP contribution in [0.3, 0.4) is 0 Å². The lowest BCUT2D eigenvalue weighted by Gasteiger charge is -2.06. The van der Waals surface area contributed by atoms with Crippen LogP contribution in [0.2, 0.25) is 0 Å². The first kappa shape index (κ1) is 13.8. The average molecular weight is 323 g/mol. The van der Waals surface area contributed by atoms with Crippen molar-refractivity contribution in [3.05, 3.63) is 40.1 Å². The number of hydrogen-bond acceptors (Lipinski definition) is 2. The third-order valence-electron chi connectivity index (χ3n) is 3.05. The summed E-state index contributed by atoms with van der Waals surface area (Å²) >= 11 is 3.25. The van der Waals surface area contributed by atoms with E-state index in [9.17, 15) is 4.79 Å². The van der Waals surface area contributed by atoms with Gasteiger partial charge in [-0.05, 0) is 47.0 Å². The van der Waals surface area contributed by atoms with Crippen molar-refractivity contribution in [1.29, 1.82) is 0 Å². The van der Waals surface area contributed by atoms with Crippen LogP contribution in [0.1, 0.15) is 29.4 Å². The minimum Gasteiger partial charge on any atom is -0.478 e. The summed E-state index contributed by atoms with van der Waals surface area (Å²) < 4.78 is 2.53. The summed E-state index contributed by atoms with van der Waals surface area (Å²) in [6.45, 7) is 4.97. The Bertz CT molecular complexity index is 620. The molecule has 100 valence electrons. The van der Waals surface area contributed by atoms with Crippen LogP contribution < -0.4 is 0 Å². The summed E-state index contributed by atoms with van der Waals surface area (Å²) in [5, 5.41) is 13.5. The second-order valence-corrected chi connectivity index (χ2v) is 5.22. The normalized spacial score (nSPS) is 10.7. The molecule has 0 bridgehead atoms. The quantitative estimate of drug-likeness (QED) is 0.933. The maximum Gasteiger partial charge on any atom is 0.336 e. The highest BCUT2D eigenvalue weighted by Gasteiger charge is 2.13. The zero-order chi connectivity index (χ0) is 14.0. The number of halogens is 1. The highest BCUT2D eigenvalue weighted by atomic mass is 79.9. The minimum absolute atomic E-state index is 0.264. The average Bonchev–Trinajstić information content (AvgIpc) is 2.72. The summed E-state index contributed by atoms with van der Waals surface area (Å²) in [7, 11) is 0. The molecule has 0 aliphatic rings. The van der Waals surface area contributed by atoms with Crippen LogP contribution in [0, 0.1) is 6.92 Å². The van der Waals surface area contributed by atoms with E-state index in [-0.39, 0.29) is 5.56 Å². The smallest absolute Gasteiger partial charge is 0.336 e. The molecule has 1 aromatic heterocycles. The van der Waals surface area contributed by atoms with Gasteiger partial charge in [0.1, 0.15) is 0 Å². The first-order valence-electron chi connectivity index (χ1n) is 6.10. The Kier molecular flexibility index (Phi) is 4.04. The Morgan fingerprint density at radius 3 is 2.84 bits per heavy atom. The number of benzene rings is 1. The second-order valence-electron chi connectivity index (χ2n) is 4.37. The second kappa shape index (κ2) is 5.57. The van der Waals surface area contributed by atoms with Crippen LogP contribution in [-0.2, 0) is 6.54 Å². The van der Waals surface area contributed by atoms with E-state index in [1.54, 1.807) is 18.3 Å². The minimum atomic E-state index is -0.938. The van der Waals surface area contributed by atoms with E-state index in [2.05, 4.69) is 28.0 Å². The van der Waals surface area contributed by atoms with Crippen LogP contribution in [0.4, 0.5) is 0 Å². The fraction of sp³-hybridized carbons (Fsp3) is 0.286. The molecule has 0 fully saturated rings. The Balaban J connectivity index is 2.47. The van der Waals surface area contributed by atoms with Gasteiger partial charge in [-0.2, -0.15) is 5.10 Å². The van der Waals surface area contributed by atoms with Crippen LogP contribution >= 0.6 is 15.9 Å². The van der Waals surface area contributed by atoms with Crippen molar-refractivity contribution in [2.24, 2.45) is 0 Å². The molecule has 2 rings (SSSR count). The largest absolute Gasteiger partial charge is 0.478 e. The standard InChI is InChI=1S/C14H15BrN2O2/c1-3-6-17-9(2)12(8-16-17)10-4-5-13(15)11(7-10)14(18)19/h4-5,7-8H,3,6H2,1-2H3,(H,18,19). The Morgan fingerprint density at radius 2 is 2.21 bits per heavy atom. The number of hydrogen-bond donors (Lipinski definition) is 1. The molecule has 0 spiro atoms. The van der Waals surface area contributed by atoms with Crippen molar-refractivity contribution in [2.45, 2.75) is 26.8 Å². The van der Waals surface area contributed by atoms with Crippen molar-refractivity contribution in [1.82, 2.24) is 9.78 Å². The van der Waals surface area contributed by atoms with Crippen LogP contribution in [0.5, 0.6) is 0 Å². The van der Waals surface area contributed by atoms with Crippen molar-refractivity contribution in [3.63, 3.8) is 0 Å². The van der Waals surface area contributed by atoms with E-state index in [0.29, 0.717) is 4.47 Å². The molecule has 0 amide bonds. The first-order valence-corrected chi connectivity index (χ1v) is 6.89. The molecule has 1 N–H and O–H groups in total. The zero-order valence-corrected chi connectivity index (χ0v) is 12.4. The van der Waals surface area contributed by atoms with E-state index in [0.717, 1.165) is 29.8 Å². The van der Waals surface area contributed by atoms with Gasteiger partial charge in [0.25, 0.3) is 0 Å². The van der Waals surface area contributed by atoms with E-state index >= 15 is 0 Å². The summed E-state index contributed by atoms with van der Waals surface area (Å²) in [5.41, 5.74) is 3.17. The SMILES string of the molecule is CCCn1ncc(-c2ccc(Br)c(C(=O)O)c2)c1C. The topological polar surface area (TPSA) is 55.1 Å². The molecule has 0 saturated carbocycles. The molecule has 0 aliphatic carbocycles. The van der Waals surface area contributed by atoms with Crippen molar-refractivity contribution >= 4 is 21.9 Å². The Labute approximate surface area is 120 Å². The molecule has 0 aliphatic heterocycles. The molecule has 0 unspecified atom stereocenters. The Hall–Kier alpha value is -1.62. The van der Waals surface area contributed by atoms with Crippen LogP contribution in [-0.4, -0.2) is 20.9 Å². The number of carboxylic acids is 1. The highest BCUT2D eigenvalue weighted by Crippen LogP contribution is 2.27. The van der Waals surface area contributed by atoms with Crippen molar-refractivity contribution in [2.75, 3.05) is 0 Å². The third kappa shape index (κ3) is 2.71. The fourth-order valence-corrected chi connectivity index (χ4v) is 2.44. The molecular weight excluding hydrogens is 308 g/mol. The Morgan fingerprint density at radius 1 is 1.47 bits per heavy atom. The predicted octanol–water partition coefficient (Wildman–Crippen LogP) is 3.73. The van der Waals surface area contributed by atoms with Gasteiger partial charge in [0.05, 0.1) is 11.8 Å². The number of aromatic carboxylic acids is 1. The monoisotopic (exact) mass is 322 g/mol. The van der Waals surface area contributed by atoms with Gasteiger partial charge in [-0.3, -0.25) is 4.68 Å². The molecule has 1 aromatic carbocycles. The summed E-state index contributed by atoms with van der Waals surface area (Å²) in [4.78, 5) is 11.1. The van der Waals surface area contributed by atoms with Gasteiger partial charge in [0, 0.05) is 22.3 Å². The lowest BCUT2D eigenvalue weighted by molar-refractivity contribution is 0.0696. The molecule has 0 radical (unpaired) electrons. The lowest BCUT2D eigenvalue weighted by atomic mass is 10.0. The number of aromatic nitrogens is 2. The van der Waals surface area contributed by atoms with Crippen molar-refractivity contribution < 1.29 is 9.90 Å². The number of aryl methyl sites for hydroxylation is 1. The van der Waals surface area contributed by atoms with Gasteiger partial charge in [-0.15, -0.1) is 0 Å². The molecule has 19 heavy (non-hydrogen) atoms. The molecular formula is C14H15BrN2O2. The zero-order valence-electron chi connectivity index (χ0n) is 10.9. The molecule has 5 heteroatoms. The summed E-state index contributed by atoms with van der Waals surface area (Å²) in [6, 6.07) is 5.33. The molecule has 1 heterocycles. The van der Waals surface area contributed by atoms with E-state index in [4.69, 9.17) is 5.11 Å². The molecule has 0 atom stereocenters. The first-order chi connectivity index (χ1) is 9.04. The van der Waals surface area contributed by atoms with Crippen LogP contribution in [0.25, 0.3) is 11.1 Å². The molecule has 0 saturated heterocycles. The van der Waals surface area contributed by atoms with E-state index in [1.165, 1.54) is 0 Å². The van der Waals surface area contributed by atoms with Gasteiger partial charge in [-0.1, -0.05) is 13.0 Å². The van der Waals surface area contributed by atoms with Gasteiger partial charge in [0.2, 0.25) is 0 Å². The number of carboxylic acid groups (broad SMARTS) is 1. The molecule has 4 nitrogen and oxygen atoms in total. The predicted molar refractivity (Wildman–Crippen MR) is 77.4 cm³/mol. The van der Waals surface area contributed by atoms with Gasteiger partial charge in [0.15, 0.2) is 0 Å². The molecule has 2 aromatic rings. The highest BCUT2D eigenvalue weighted by molar-refractivity contribution is 9.10. The summed E-state index contributed by atoms with van der Waals surface area (Å²) in [6.07, 6.45) is 2.81. The summed E-state index contributed by atoms with van der Waals surface area (Å²) in [5.74, 6) is -0.938. The number of rotatable bonds is 4. The van der Waals surface area contributed by atoms with Gasteiger partial charge < -0.3 is 5.11 Å². The number of nitrogens with zero attached hydrogens (tertiary/aromatic N) is 2. The number of carbonyl (C=O) groups is 1. The third-order valence-corrected chi connectivity index (χ3v) is 3.74. The van der Waals surface area contributed by atoms with Gasteiger partial charge in [-0.25, -0.2) is 4.79 Å². The van der Waals surface area contributed by atoms with E-state index in [1.807, 2.05) is 17.7 Å². The van der Waals surface area contributed by atoms with Crippen LogP contribution in [0.15, 0.2) is 28.9 Å². The maximum atomic E-state index is 11.1. The van der Waals surface area contributed by atoms with E-state index < -0.39 is 5.97 Å². The van der Waals surface area contributed by atoms with Gasteiger partial charge >= 0.3 is 5.97 Å². The maximum absolute atomic E-state index is 11.1.